The van der Waals surface area contributed by atoms with Crippen molar-refractivity contribution in [1.82, 2.24) is 0 Å². The van der Waals surface area contributed by atoms with Gasteiger partial charge in [-0.3, -0.25) is 0 Å². The second-order valence-corrected chi connectivity index (χ2v) is 5.44. The third-order valence-electron chi connectivity index (χ3n) is 3.70. The molecule has 1 heteroatoms. The smallest absolute Gasteiger partial charge is 0.0303 e. The van der Waals surface area contributed by atoms with Gasteiger partial charge in [0.05, 0.1) is 0 Å². The molecule has 1 nitrogen and oxygen atoms in total. The van der Waals surface area contributed by atoms with Gasteiger partial charge in [0.15, 0.2) is 0 Å². The van der Waals surface area contributed by atoms with Crippen LogP contribution in [-0.4, -0.2) is 0 Å². The van der Waals surface area contributed by atoms with Crippen molar-refractivity contribution in [2.45, 2.75) is 39.7 Å². The van der Waals surface area contributed by atoms with Crippen molar-refractivity contribution in [3.8, 4) is 0 Å². The van der Waals surface area contributed by atoms with Gasteiger partial charge < -0.3 is 5.73 Å². The summed E-state index contributed by atoms with van der Waals surface area (Å²) in [6, 6.07) is 15.1. The van der Waals surface area contributed by atoms with Crippen molar-refractivity contribution in [2.75, 3.05) is 0 Å². The van der Waals surface area contributed by atoms with Crippen LogP contribution in [0.1, 0.15) is 40.3 Å². The molecule has 0 bridgehead atoms. The third-order valence-corrected chi connectivity index (χ3v) is 3.70. The van der Waals surface area contributed by atoms with Crippen LogP contribution in [-0.2, 0) is 6.42 Å². The van der Waals surface area contributed by atoms with Crippen molar-refractivity contribution >= 4 is 0 Å². The predicted molar refractivity (Wildman–Crippen MR) is 82.3 cm³/mol. The second kappa shape index (κ2) is 6.03. The summed E-state index contributed by atoms with van der Waals surface area (Å²) in [6.45, 7) is 6.47. The molecule has 0 radical (unpaired) electrons. The third kappa shape index (κ3) is 3.45. The Kier molecular flexibility index (Phi) is 4.39. The highest BCUT2D eigenvalue weighted by atomic mass is 14.6. The van der Waals surface area contributed by atoms with E-state index in [0.29, 0.717) is 0 Å². The maximum absolute atomic E-state index is 6.39. The number of aryl methyl sites for hydroxylation is 4. The molecule has 0 amide bonds. The molecule has 0 aromatic heterocycles. The largest absolute Gasteiger partial charge is 0.324 e. The Morgan fingerprint density at radius 1 is 0.947 bits per heavy atom. The van der Waals surface area contributed by atoms with Gasteiger partial charge >= 0.3 is 0 Å². The standard InChI is InChI=1S/C18H23N/c1-13-11-14(2)18(15(3)12-13)17(19)10-9-16-7-5-4-6-8-16/h4-8,11-12,17H,9-10,19H2,1-3H3. The summed E-state index contributed by atoms with van der Waals surface area (Å²) < 4.78 is 0. The summed E-state index contributed by atoms with van der Waals surface area (Å²) in [5, 5.41) is 0. The van der Waals surface area contributed by atoms with E-state index in [9.17, 15) is 0 Å². The minimum Gasteiger partial charge on any atom is -0.324 e. The van der Waals surface area contributed by atoms with E-state index >= 15 is 0 Å². The minimum absolute atomic E-state index is 0.126. The average molecular weight is 253 g/mol. The molecule has 0 fully saturated rings. The Morgan fingerprint density at radius 2 is 1.53 bits per heavy atom. The fraction of sp³-hybridized carbons (Fsp3) is 0.333. The zero-order valence-electron chi connectivity index (χ0n) is 12.1. The maximum atomic E-state index is 6.39. The maximum Gasteiger partial charge on any atom is 0.0303 e. The van der Waals surface area contributed by atoms with Crippen LogP contribution in [0.5, 0.6) is 0 Å². The van der Waals surface area contributed by atoms with Gasteiger partial charge in [-0.2, -0.15) is 0 Å². The van der Waals surface area contributed by atoms with Gasteiger partial charge in [-0.05, 0) is 55.9 Å². The molecule has 2 rings (SSSR count). The molecule has 100 valence electrons. The zero-order chi connectivity index (χ0) is 13.8. The molecule has 1 unspecified atom stereocenters. The fourth-order valence-electron chi connectivity index (χ4n) is 2.89. The molecule has 1 atom stereocenters. The number of nitrogens with two attached hydrogens (primary N) is 1. The van der Waals surface area contributed by atoms with Crippen LogP contribution in [0, 0.1) is 20.8 Å². The highest BCUT2D eigenvalue weighted by molar-refractivity contribution is 5.39. The summed E-state index contributed by atoms with van der Waals surface area (Å²) >= 11 is 0. The monoisotopic (exact) mass is 253 g/mol. The summed E-state index contributed by atoms with van der Waals surface area (Å²) in [6.07, 6.45) is 2.03. The van der Waals surface area contributed by atoms with Crippen LogP contribution in [0.25, 0.3) is 0 Å². The molecule has 2 aromatic rings. The Bertz CT molecular complexity index is 520. The van der Waals surface area contributed by atoms with Crippen LogP contribution in [0.4, 0.5) is 0 Å². The van der Waals surface area contributed by atoms with Gasteiger partial charge in [0.1, 0.15) is 0 Å². The van der Waals surface area contributed by atoms with E-state index in [2.05, 4.69) is 63.2 Å². The highest BCUT2D eigenvalue weighted by Crippen LogP contribution is 2.25. The van der Waals surface area contributed by atoms with Crippen molar-refractivity contribution in [1.29, 1.82) is 0 Å². The summed E-state index contributed by atoms with van der Waals surface area (Å²) in [7, 11) is 0. The van der Waals surface area contributed by atoms with Crippen molar-refractivity contribution in [3.63, 3.8) is 0 Å². The average Bonchev–Trinajstić information content (AvgIpc) is 2.36. The molecular formula is C18H23N. The first kappa shape index (κ1) is 13.8. The van der Waals surface area contributed by atoms with Gasteiger partial charge in [0, 0.05) is 6.04 Å². The fourth-order valence-corrected chi connectivity index (χ4v) is 2.89. The molecule has 0 spiro atoms. The molecule has 0 heterocycles. The van der Waals surface area contributed by atoms with E-state index in [1.54, 1.807) is 0 Å². The van der Waals surface area contributed by atoms with Crippen LogP contribution < -0.4 is 5.73 Å². The van der Waals surface area contributed by atoms with Gasteiger partial charge in [0.2, 0.25) is 0 Å². The molecule has 0 aliphatic heterocycles. The molecular weight excluding hydrogens is 230 g/mol. The first-order valence-electron chi connectivity index (χ1n) is 6.95. The van der Waals surface area contributed by atoms with Gasteiger partial charge in [-0.1, -0.05) is 48.0 Å². The van der Waals surface area contributed by atoms with Crippen molar-refractivity contribution in [2.24, 2.45) is 5.73 Å². The lowest BCUT2D eigenvalue weighted by Crippen LogP contribution is -2.14. The molecule has 0 aliphatic carbocycles. The molecule has 0 saturated carbocycles. The molecule has 2 N–H and O–H groups in total. The normalized spacial score (nSPS) is 12.4. The Balaban J connectivity index is 2.10. The predicted octanol–water partition coefficient (Wildman–Crippen LogP) is 4.24. The highest BCUT2D eigenvalue weighted by Gasteiger charge is 2.12. The molecule has 0 aliphatic rings. The van der Waals surface area contributed by atoms with E-state index in [0.717, 1.165) is 12.8 Å². The first-order valence-corrected chi connectivity index (χ1v) is 6.95. The lowest BCUT2D eigenvalue weighted by Gasteiger charge is -2.18. The van der Waals surface area contributed by atoms with E-state index in [1.807, 2.05) is 0 Å². The number of benzene rings is 2. The minimum atomic E-state index is 0.126. The van der Waals surface area contributed by atoms with Crippen LogP contribution in [0.15, 0.2) is 42.5 Å². The number of hydrogen-bond donors (Lipinski definition) is 1. The molecule has 19 heavy (non-hydrogen) atoms. The molecule has 0 saturated heterocycles. The van der Waals surface area contributed by atoms with Crippen molar-refractivity contribution < 1.29 is 0 Å². The van der Waals surface area contributed by atoms with E-state index in [4.69, 9.17) is 5.73 Å². The quantitative estimate of drug-likeness (QED) is 0.866. The lowest BCUT2D eigenvalue weighted by atomic mass is 9.91. The van der Waals surface area contributed by atoms with Gasteiger partial charge in [-0.25, -0.2) is 0 Å². The van der Waals surface area contributed by atoms with Crippen LogP contribution >= 0.6 is 0 Å². The lowest BCUT2D eigenvalue weighted by molar-refractivity contribution is 0.644. The SMILES string of the molecule is Cc1cc(C)c(C(N)CCc2ccccc2)c(C)c1. The summed E-state index contributed by atoms with van der Waals surface area (Å²) in [5.41, 5.74) is 13.0. The Labute approximate surface area is 116 Å². The topological polar surface area (TPSA) is 26.0 Å². The number of hydrogen-bond acceptors (Lipinski definition) is 1. The Hall–Kier alpha value is -1.60. The summed E-state index contributed by atoms with van der Waals surface area (Å²) in [5.74, 6) is 0. The first-order chi connectivity index (χ1) is 9.08. The number of rotatable bonds is 4. The van der Waals surface area contributed by atoms with Crippen LogP contribution in [0.3, 0.4) is 0 Å². The van der Waals surface area contributed by atoms with Crippen molar-refractivity contribution in [3.05, 3.63) is 70.3 Å². The van der Waals surface area contributed by atoms with E-state index in [1.165, 1.54) is 27.8 Å². The molecule has 2 aromatic carbocycles. The second-order valence-electron chi connectivity index (χ2n) is 5.44. The zero-order valence-corrected chi connectivity index (χ0v) is 12.1. The summed E-state index contributed by atoms with van der Waals surface area (Å²) in [4.78, 5) is 0. The van der Waals surface area contributed by atoms with Crippen LogP contribution in [0.2, 0.25) is 0 Å². The van der Waals surface area contributed by atoms with E-state index in [-0.39, 0.29) is 6.04 Å². The van der Waals surface area contributed by atoms with E-state index < -0.39 is 0 Å². The Morgan fingerprint density at radius 3 is 2.11 bits per heavy atom. The van der Waals surface area contributed by atoms with Gasteiger partial charge in [-0.15, -0.1) is 0 Å². The van der Waals surface area contributed by atoms with Gasteiger partial charge in [0.25, 0.3) is 0 Å².